The van der Waals surface area contributed by atoms with Crippen molar-refractivity contribution in [1.82, 2.24) is 5.32 Å². The standard InChI is InChI=1S/C12H15ClN2O/c1-9(2)7-8-14-12(16)15-11-5-3-10(13)4-6-11/h3-9H,1-2H3,(H2,14,15,16)/b8-7+. The van der Waals surface area contributed by atoms with E-state index >= 15 is 0 Å². The van der Waals surface area contributed by atoms with Crippen molar-refractivity contribution in [2.45, 2.75) is 13.8 Å². The zero-order chi connectivity index (χ0) is 12.0. The molecule has 0 aliphatic carbocycles. The number of carbonyl (C=O) groups excluding carboxylic acids is 1. The van der Waals surface area contributed by atoms with Gasteiger partial charge in [0.15, 0.2) is 0 Å². The molecule has 0 heterocycles. The van der Waals surface area contributed by atoms with Gasteiger partial charge in [0.1, 0.15) is 0 Å². The Kier molecular flexibility index (Phi) is 4.86. The molecule has 0 aromatic heterocycles. The Balaban J connectivity index is 2.43. The number of allylic oxidation sites excluding steroid dienone is 1. The summed E-state index contributed by atoms with van der Waals surface area (Å²) in [7, 11) is 0. The van der Waals surface area contributed by atoms with Gasteiger partial charge in [0, 0.05) is 16.9 Å². The summed E-state index contributed by atoms with van der Waals surface area (Å²) in [5.41, 5.74) is 0.708. The van der Waals surface area contributed by atoms with Gasteiger partial charge in [-0.15, -0.1) is 0 Å². The van der Waals surface area contributed by atoms with Crippen LogP contribution < -0.4 is 10.6 Å². The lowest BCUT2D eigenvalue weighted by atomic mass is 10.2. The Labute approximate surface area is 100 Å². The monoisotopic (exact) mass is 238 g/mol. The Morgan fingerprint density at radius 3 is 2.50 bits per heavy atom. The van der Waals surface area contributed by atoms with Crippen molar-refractivity contribution in [1.29, 1.82) is 0 Å². The molecule has 16 heavy (non-hydrogen) atoms. The van der Waals surface area contributed by atoms with Crippen molar-refractivity contribution < 1.29 is 4.79 Å². The molecular formula is C12H15ClN2O. The van der Waals surface area contributed by atoms with Gasteiger partial charge in [0.05, 0.1) is 0 Å². The van der Waals surface area contributed by atoms with E-state index in [1.54, 1.807) is 30.5 Å². The summed E-state index contributed by atoms with van der Waals surface area (Å²) in [5.74, 6) is 0.413. The van der Waals surface area contributed by atoms with Crippen LogP contribution in [0.4, 0.5) is 10.5 Å². The molecule has 0 bridgehead atoms. The van der Waals surface area contributed by atoms with E-state index in [0.717, 1.165) is 0 Å². The first-order valence-corrected chi connectivity index (χ1v) is 5.45. The van der Waals surface area contributed by atoms with E-state index in [1.807, 2.05) is 19.9 Å². The summed E-state index contributed by atoms with van der Waals surface area (Å²) >= 11 is 5.73. The Bertz CT molecular complexity index is 371. The zero-order valence-electron chi connectivity index (χ0n) is 9.33. The van der Waals surface area contributed by atoms with Gasteiger partial charge in [-0.25, -0.2) is 4.79 Å². The van der Waals surface area contributed by atoms with E-state index in [0.29, 0.717) is 16.6 Å². The second-order valence-corrected chi connectivity index (χ2v) is 4.14. The van der Waals surface area contributed by atoms with Crippen LogP contribution in [0.25, 0.3) is 0 Å². The van der Waals surface area contributed by atoms with Crippen molar-refractivity contribution in [2.75, 3.05) is 5.32 Å². The highest BCUT2D eigenvalue weighted by Crippen LogP contribution is 2.12. The molecule has 1 rings (SSSR count). The molecule has 0 fully saturated rings. The van der Waals surface area contributed by atoms with Crippen LogP contribution in [0.15, 0.2) is 36.5 Å². The molecule has 0 atom stereocenters. The molecule has 0 saturated carbocycles. The van der Waals surface area contributed by atoms with Crippen molar-refractivity contribution in [3.05, 3.63) is 41.6 Å². The minimum atomic E-state index is -0.265. The van der Waals surface area contributed by atoms with Crippen LogP contribution in [-0.4, -0.2) is 6.03 Å². The molecule has 0 spiro atoms. The van der Waals surface area contributed by atoms with Gasteiger partial charge in [-0.05, 0) is 30.2 Å². The summed E-state index contributed by atoms with van der Waals surface area (Å²) in [4.78, 5) is 11.4. The number of carbonyl (C=O) groups is 1. The largest absolute Gasteiger partial charge is 0.323 e. The molecule has 0 saturated heterocycles. The van der Waals surface area contributed by atoms with Gasteiger partial charge in [0.25, 0.3) is 0 Å². The summed E-state index contributed by atoms with van der Waals surface area (Å²) in [6.45, 7) is 4.07. The van der Waals surface area contributed by atoms with Gasteiger partial charge in [-0.3, -0.25) is 0 Å². The first-order chi connectivity index (χ1) is 7.58. The number of benzene rings is 1. The van der Waals surface area contributed by atoms with Gasteiger partial charge in [0.2, 0.25) is 0 Å². The molecule has 0 unspecified atom stereocenters. The van der Waals surface area contributed by atoms with E-state index < -0.39 is 0 Å². The molecule has 2 amide bonds. The first-order valence-electron chi connectivity index (χ1n) is 5.07. The van der Waals surface area contributed by atoms with Crippen molar-refractivity contribution in [2.24, 2.45) is 5.92 Å². The van der Waals surface area contributed by atoms with Crippen LogP contribution in [0.5, 0.6) is 0 Å². The summed E-state index contributed by atoms with van der Waals surface area (Å²) in [5, 5.41) is 5.94. The average Bonchev–Trinajstić information content (AvgIpc) is 2.21. The number of halogens is 1. The van der Waals surface area contributed by atoms with E-state index in [2.05, 4.69) is 10.6 Å². The molecule has 0 aliphatic rings. The third kappa shape index (κ3) is 4.84. The van der Waals surface area contributed by atoms with Crippen LogP contribution in [0.1, 0.15) is 13.8 Å². The molecule has 3 nitrogen and oxygen atoms in total. The lowest BCUT2D eigenvalue weighted by Gasteiger charge is -2.04. The van der Waals surface area contributed by atoms with Crippen molar-refractivity contribution >= 4 is 23.3 Å². The van der Waals surface area contributed by atoms with Crippen LogP contribution in [0.2, 0.25) is 5.02 Å². The molecule has 4 heteroatoms. The van der Waals surface area contributed by atoms with Gasteiger partial charge in [-0.2, -0.15) is 0 Å². The Hall–Kier alpha value is -1.48. The SMILES string of the molecule is CC(C)/C=C/NC(=O)Nc1ccc(Cl)cc1. The molecule has 86 valence electrons. The number of hydrogen-bond acceptors (Lipinski definition) is 1. The number of urea groups is 1. The van der Waals surface area contributed by atoms with Crippen LogP contribution >= 0.6 is 11.6 Å². The van der Waals surface area contributed by atoms with Gasteiger partial charge < -0.3 is 10.6 Å². The summed E-state index contributed by atoms with van der Waals surface area (Å²) in [6.07, 6.45) is 3.54. The fourth-order valence-corrected chi connectivity index (χ4v) is 1.14. The normalized spacial score (nSPS) is 10.8. The number of hydrogen-bond donors (Lipinski definition) is 2. The van der Waals surface area contributed by atoms with Gasteiger partial charge in [-0.1, -0.05) is 31.5 Å². The van der Waals surface area contributed by atoms with Crippen molar-refractivity contribution in [3.8, 4) is 0 Å². The predicted octanol–water partition coefficient (Wildman–Crippen LogP) is 3.63. The van der Waals surface area contributed by atoms with Crippen LogP contribution in [0, 0.1) is 5.92 Å². The maximum Gasteiger partial charge on any atom is 0.323 e. The topological polar surface area (TPSA) is 41.1 Å². The van der Waals surface area contributed by atoms with Crippen molar-refractivity contribution in [3.63, 3.8) is 0 Å². The third-order valence-corrected chi connectivity index (χ3v) is 2.05. The van der Waals surface area contributed by atoms with Gasteiger partial charge >= 0.3 is 6.03 Å². The van der Waals surface area contributed by atoms with E-state index in [-0.39, 0.29) is 6.03 Å². The molecule has 1 aromatic carbocycles. The minimum absolute atomic E-state index is 0.265. The average molecular weight is 239 g/mol. The minimum Gasteiger partial charge on any atom is -0.315 e. The van der Waals surface area contributed by atoms with Crippen LogP contribution in [0.3, 0.4) is 0 Å². The quantitative estimate of drug-likeness (QED) is 0.830. The van der Waals surface area contributed by atoms with E-state index in [9.17, 15) is 4.79 Å². The Morgan fingerprint density at radius 1 is 1.31 bits per heavy atom. The third-order valence-electron chi connectivity index (χ3n) is 1.80. The fourth-order valence-electron chi connectivity index (χ4n) is 1.02. The van der Waals surface area contributed by atoms with E-state index in [4.69, 9.17) is 11.6 Å². The zero-order valence-corrected chi connectivity index (χ0v) is 10.1. The molecule has 0 radical (unpaired) electrons. The highest BCUT2D eigenvalue weighted by molar-refractivity contribution is 6.30. The summed E-state index contributed by atoms with van der Waals surface area (Å²) < 4.78 is 0. The number of rotatable bonds is 3. The highest BCUT2D eigenvalue weighted by Gasteiger charge is 1.98. The Morgan fingerprint density at radius 2 is 1.94 bits per heavy atom. The first kappa shape index (κ1) is 12.6. The number of amides is 2. The molecule has 1 aromatic rings. The van der Waals surface area contributed by atoms with E-state index in [1.165, 1.54) is 0 Å². The van der Waals surface area contributed by atoms with Crippen LogP contribution in [-0.2, 0) is 0 Å². The lowest BCUT2D eigenvalue weighted by molar-refractivity contribution is 0.255. The molecule has 2 N–H and O–H groups in total. The smallest absolute Gasteiger partial charge is 0.315 e. The highest BCUT2D eigenvalue weighted by atomic mass is 35.5. The summed E-state index contributed by atoms with van der Waals surface area (Å²) in [6, 6.07) is 6.67. The maximum absolute atomic E-state index is 11.4. The second-order valence-electron chi connectivity index (χ2n) is 3.71. The molecule has 0 aliphatic heterocycles. The maximum atomic E-state index is 11.4. The second kappa shape index (κ2) is 6.18. The number of anilines is 1. The lowest BCUT2D eigenvalue weighted by Crippen LogP contribution is -2.23. The fraction of sp³-hybridized carbons (Fsp3) is 0.250. The predicted molar refractivity (Wildman–Crippen MR) is 67.6 cm³/mol. The molecular weight excluding hydrogens is 224 g/mol. The number of nitrogens with one attached hydrogen (secondary N) is 2.